The van der Waals surface area contributed by atoms with Crippen molar-refractivity contribution in [3.05, 3.63) is 44.9 Å². The first-order valence-electron chi connectivity index (χ1n) is 8.90. The molecule has 3 rings (SSSR count). The van der Waals surface area contributed by atoms with Crippen molar-refractivity contribution in [1.82, 2.24) is 9.88 Å². The first-order chi connectivity index (χ1) is 12.6. The lowest BCUT2D eigenvalue weighted by molar-refractivity contribution is 0.140. The number of thiazole rings is 1. The van der Waals surface area contributed by atoms with Gasteiger partial charge in [-0.1, -0.05) is 41.4 Å². The van der Waals surface area contributed by atoms with E-state index in [0.717, 1.165) is 41.5 Å². The minimum absolute atomic E-state index is 0.129. The van der Waals surface area contributed by atoms with Crippen LogP contribution in [0.2, 0.25) is 0 Å². The molecule has 6 heteroatoms. The van der Waals surface area contributed by atoms with Crippen LogP contribution in [0.3, 0.4) is 0 Å². The van der Waals surface area contributed by atoms with Gasteiger partial charge in [-0.3, -0.25) is 4.90 Å². The Bertz CT molecular complexity index is 822. The zero-order valence-electron chi connectivity index (χ0n) is 14.8. The van der Waals surface area contributed by atoms with Gasteiger partial charge in [0.1, 0.15) is 22.4 Å². The predicted molar refractivity (Wildman–Crippen MR) is 110 cm³/mol. The second kappa shape index (κ2) is 8.81. The molecule has 1 aromatic carbocycles. The molecule has 1 fully saturated rings. The lowest BCUT2D eigenvalue weighted by Crippen LogP contribution is -2.40. The fourth-order valence-electron chi connectivity index (χ4n) is 3.38. The molecule has 0 aliphatic carbocycles. The van der Waals surface area contributed by atoms with Crippen molar-refractivity contribution >= 4 is 32.8 Å². The van der Waals surface area contributed by atoms with Crippen LogP contribution in [0, 0.1) is 11.3 Å². The van der Waals surface area contributed by atoms with Crippen molar-refractivity contribution in [1.29, 1.82) is 5.26 Å². The van der Waals surface area contributed by atoms with Crippen LogP contribution >= 0.6 is 27.3 Å². The number of rotatable bonds is 5. The van der Waals surface area contributed by atoms with Gasteiger partial charge < -0.3 is 5.11 Å². The molecule has 1 saturated heterocycles. The molecule has 0 spiro atoms. The summed E-state index contributed by atoms with van der Waals surface area (Å²) in [5.41, 5.74) is 2.11. The SMILES string of the molecule is CCC1CCCCN1C/C(O)=C(\C#N)c1nc(-c2ccc(Br)cc2)cs1. The van der Waals surface area contributed by atoms with Crippen molar-refractivity contribution in [2.75, 3.05) is 13.1 Å². The minimum Gasteiger partial charge on any atom is -0.509 e. The summed E-state index contributed by atoms with van der Waals surface area (Å²) in [5, 5.41) is 22.7. The Hall–Kier alpha value is -1.68. The number of nitrogens with zero attached hydrogens (tertiary/aromatic N) is 3. The van der Waals surface area contributed by atoms with Crippen molar-refractivity contribution < 1.29 is 5.11 Å². The molecule has 2 aromatic rings. The Balaban J connectivity index is 1.82. The van der Waals surface area contributed by atoms with Crippen molar-refractivity contribution in [2.45, 2.75) is 38.6 Å². The van der Waals surface area contributed by atoms with Gasteiger partial charge in [-0.2, -0.15) is 5.26 Å². The number of allylic oxidation sites excluding steroid dienone is 1. The topological polar surface area (TPSA) is 60.1 Å². The third-order valence-corrected chi connectivity index (χ3v) is 6.22. The molecular formula is C20H22BrN3OS. The summed E-state index contributed by atoms with van der Waals surface area (Å²) < 4.78 is 1.01. The first kappa shape index (κ1) is 19.1. The molecule has 1 aliphatic heterocycles. The lowest BCUT2D eigenvalue weighted by Gasteiger charge is -2.34. The van der Waals surface area contributed by atoms with E-state index in [-0.39, 0.29) is 5.76 Å². The standard InChI is InChI=1S/C20H22BrN3OS/c1-2-16-5-3-4-10-24(16)12-19(25)17(11-22)20-23-18(13-26-20)14-6-8-15(21)9-7-14/h6-9,13,16,25H,2-5,10,12H2,1H3/b19-17-. The van der Waals surface area contributed by atoms with Crippen LogP contribution < -0.4 is 0 Å². The van der Waals surface area contributed by atoms with E-state index in [1.165, 1.54) is 17.8 Å². The molecule has 4 nitrogen and oxygen atoms in total. The number of aliphatic hydroxyl groups is 1. The number of hydrogen-bond donors (Lipinski definition) is 1. The highest BCUT2D eigenvalue weighted by molar-refractivity contribution is 9.10. The molecule has 0 amide bonds. The molecule has 1 N–H and O–H groups in total. The second-order valence-corrected chi connectivity index (χ2v) is 8.28. The van der Waals surface area contributed by atoms with Crippen LogP contribution in [0.15, 0.2) is 39.9 Å². The fraction of sp³-hybridized carbons (Fsp3) is 0.400. The molecule has 0 bridgehead atoms. The number of benzene rings is 1. The molecule has 1 unspecified atom stereocenters. The summed E-state index contributed by atoms with van der Waals surface area (Å²) in [7, 11) is 0. The smallest absolute Gasteiger partial charge is 0.138 e. The van der Waals surface area contributed by atoms with Gasteiger partial charge in [0.15, 0.2) is 0 Å². The summed E-state index contributed by atoms with van der Waals surface area (Å²) in [6.07, 6.45) is 4.63. The lowest BCUT2D eigenvalue weighted by atomic mass is 10.00. The second-order valence-electron chi connectivity index (χ2n) is 6.51. The summed E-state index contributed by atoms with van der Waals surface area (Å²) >= 11 is 4.82. The average molecular weight is 432 g/mol. The molecule has 26 heavy (non-hydrogen) atoms. The number of nitriles is 1. The average Bonchev–Trinajstić information content (AvgIpc) is 3.13. The third-order valence-electron chi connectivity index (χ3n) is 4.83. The van der Waals surface area contributed by atoms with Crippen molar-refractivity contribution in [3.63, 3.8) is 0 Å². The predicted octanol–water partition coefficient (Wildman–Crippen LogP) is 5.63. The summed E-state index contributed by atoms with van der Waals surface area (Å²) in [4.78, 5) is 6.87. The highest BCUT2D eigenvalue weighted by atomic mass is 79.9. The van der Waals surface area contributed by atoms with Gasteiger partial charge in [0.25, 0.3) is 0 Å². The molecule has 1 aliphatic rings. The van der Waals surface area contributed by atoms with E-state index in [1.54, 1.807) is 0 Å². The van der Waals surface area contributed by atoms with Gasteiger partial charge in [0.05, 0.1) is 12.2 Å². The molecule has 1 atom stereocenters. The Kier molecular flexibility index (Phi) is 6.47. The Labute approximate surface area is 166 Å². The molecule has 0 saturated carbocycles. The first-order valence-corrected chi connectivity index (χ1v) is 10.6. The maximum Gasteiger partial charge on any atom is 0.138 e. The Morgan fingerprint density at radius 2 is 2.15 bits per heavy atom. The van der Waals surface area contributed by atoms with E-state index in [1.807, 2.05) is 29.6 Å². The third kappa shape index (κ3) is 4.35. The van der Waals surface area contributed by atoms with E-state index in [2.05, 4.69) is 38.8 Å². The van der Waals surface area contributed by atoms with Crippen LogP contribution in [0.4, 0.5) is 0 Å². The van der Waals surface area contributed by atoms with E-state index >= 15 is 0 Å². The van der Waals surface area contributed by atoms with Gasteiger partial charge in [-0.15, -0.1) is 11.3 Å². The zero-order valence-corrected chi connectivity index (χ0v) is 17.2. The van der Waals surface area contributed by atoms with Crippen LogP contribution in [0.25, 0.3) is 16.8 Å². The molecular weight excluding hydrogens is 410 g/mol. The minimum atomic E-state index is 0.129. The fourth-order valence-corrected chi connectivity index (χ4v) is 4.49. The molecule has 0 radical (unpaired) electrons. The van der Waals surface area contributed by atoms with Gasteiger partial charge >= 0.3 is 0 Å². The highest BCUT2D eigenvalue weighted by Crippen LogP contribution is 2.29. The zero-order chi connectivity index (χ0) is 18.5. The number of aromatic nitrogens is 1. The van der Waals surface area contributed by atoms with Crippen LogP contribution in [0.1, 0.15) is 37.6 Å². The normalized spacial score (nSPS) is 19.0. The van der Waals surface area contributed by atoms with Crippen LogP contribution in [-0.4, -0.2) is 34.1 Å². The number of likely N-dealkylation sites (tertiary alicyclic amines) is 1. The van der Waals surface area contributed by atoms with E-state index in [9.17, 15) is 10.4 Å². The Morgan fingerprint density at radius 1 is 1.38 bits per heavy atom. The van der Waals surface area contributed by atoms with Crippen LogP contribution in [0.5, 0.6) is 0 Å². The monoisotopic (exact) mass is 431 g/mol. The van der Waals surface area contributed by atoms with Crippen molar-refractivity contribution in [3.8, 4) is 17.3 Å². The van der Waals surface area contributed by atoms with Gasteiger partial charge in [-0.05, 0) is 37.9 Å². The molecule has 2 heterocycles. The molecule has 1 aromatic heterocycles. The largest absolute Gasteiger partial charge is 0.509 e. The van der Waals surface area contributed by atoms with Gasteiger partial charge in [0, 0.05) is 21.5 Å². The van der Waals surface area contributed by atoms with Crippen LogP contribution in [-0.2, 0) is 0 Å². The van der Waals surface area contributed by atoms with Crippen molar-refractivity contribution in [2.24, 2.45) is 0 Å². The van der Waals surface area contributed by atoms with Gasteiger partial charge in [-0.25, -0.2) is 4.98 Å². The van der Waals surface area contributed by atoms with E-state index < -0.39 is 0 Å². The maximum absolute atomic E-state index is 10.6. The van der Waals surface area contributed by atoms with E-state index in [4.69, 9.17) is 0 Å². The summed E-state index contributed by atoms with van der Waals surface area (Å²) in [5.74, 6) is 0.129. The number of halogens is 1. The maximum atomic E-state index is 10.6. The number of hydrogen-bond acceptors (Lipinski definition) is 5. The number of aliphatic hydroxyl groups excluding tert-OH is 1. The Morgan fingerprint density at radius 3 is 2.85 bits per heavy atom. The summed E-state index contributed by atoms with van der Waals surface area (Å²) in [6.45, 7) is 3.58. The highest BCUT2D eigenvalue weighted by Gasteiger charge is 2.23. The number of piperidine rings is 1. The van der Waals surface area contributed by atoms with E-state index in [0.29, 0.717) is 23.2 Å². The van der Waals surface area contributed by atoms with Gasteiger partial charge in [0.2, 0.25) is 0 Å². The molecule has 136 valence electrons. The quantitative estimate of drug-likeness (QED) is 0.492. The summed E-state index contributed by atoms with van der Waals surface area (Å²) in [6, 6.07) is 10.5.